The lowest BCUT2D eigenvalue weighted by Crippen LogP contribution is -2.30. The predicted molar refractivity (Wildman–Crippen MR) is 78.1 cm³/mol. The lowest BCUT2D eigenvalue weighted by molar-refractivity contribution is -0.121. The fourth-order valence-corrected chi connectivity index (χ4v) is 1.77. The molecular formula is C16H22N2O2. The van der Waals surface area contributed by atoms with Crippen molar-refractivity contribution < 1.29 is 9.53 Å². The maximum Gasteiger partial charge on any atom is 0.241 e. The number of amides is 1. The maximum absolute atomic E-state index is 11.9. The van der Waals surface area contributed by atoms with Gasteiger partial charge in [-0.15, -0.1) is 0 Å². The van der Waals surface area contributed by atoms with Crippen molar-refractivity contribution in [1.82, 2.24) is 5.32 Å². The van der Waals surface area contributed by atoms with Crippen molar-refractivity contribution in [1.29, 1.82) is 5.26 Å². The molecule has 4 nitrogen and oxygen atoms in total. The molecule has 0 aliphatic heterocycles. The highest BCUT2D eigenvalue weighted by atomic mass is 16.5. The normalized spacial score (nSPS) is 11.6. The van der Waals surface area contributed by atoms with Gasteiger partial charge in [0.25, 0.3) is 0 Å². The summed E-state index contributed by atoms with van der Waals surface area (Å²) in [4.78, 5) is 11.9. The molecule has 0 spiro atoms. The van der Waals surface area contributed by atoms with Gasteiger partial charge in [-0.3, -0.25) is 4.79 Å². The lowest BCUT2D eigenvalue weighted by atomic mass is 10.00. The largest absolute Gasteiger partial charge is 0.381 e. The predicted octanol–water partition coefficient (Wildman–Crippen LogP) is 2.62. The second kappa shape index (κ2) is 9.99. The molecule has 0 aliphatic carbocycles. The molecule has 0 fully saturated rings. The van der Waals surface area contributed by atoms with Gasteiger partial charge < -0.3 is 10.1 Å². The molecular weight excluding hydrogens is 252 g/mol. The van der Waals surface area contributed by atoms with Crippen molar-refractivity contribution >= 4 is 5.91 Å². The first-order valence-electron chi connectivity index (χ1n) is 7.09. The number of unbranched alkanes of at least 4 members (excludes halogenated alkanes) is 1. The van der Waals surface area contributed by atoms with E-state index in [4.69, 9.17) is 10.00 Å². The highest BCUT2D eigenvalue weighted by Gasteiger charge is 2.18. The first-order chi connectivity index (χ1) is 9.79. The van der Waals surface area contributed by atoms with Crippen molar-refractivity contribution in [3.8, 4) is 6.07 Å². The van der Waals surface area contributed by atoms with Crippen molar-refractivity contribution in [2.75, 3.05) is 19.8 Å². The average molecular weight is 274 g/mol. The van der Waals surface area contributed by atoms with E-state index in [-0.39, 0.29) is 5.91 Å². The van der Waals surface area contributed by atoms with Crippen LogP contribution in [0.3, 0.4) is 0 Å². The molecule has 0 saturated heterocycles. The van der Waals surface area contributed by atoms with Crippen LogP contribution in [0.4, 0.5) is 0 Å². The minimum Gasteiger partial charge on any atom is -0.381 e. The van der Waals surface area contributed by atoms with Crippen molar-refractivity contribution in [2.45, 2.75) is 32.1 Å². The molecule has 1 aromatic carbocycles. The topological polar surface area (TPSA) is 62.1 Å². The van der Waals surface area contributed by atoms with E-state index < -0.39 is 5.92 Å². The molecule has 0 heterocycles. The second-order valence-electron chi connectivity index (χ2n) is 4.58. The number of carbonyl (C=O) groups is 1. The third kappa shape index (κ3) is 5.85. The zero-order chi connectivity index (χ0) is 14.6. The summed E-state index contributed by atoms with van der Waals surface area (Å²) in [5.74, 6) is -0.982. The van der Waals surface area contributed by atoms with Gasteiger partial charge in [0.1, 0.15) is 5.92 Å². The van der Waals surface area contributed by atoms with E-state index >= 15 is 0 Å². The molecule has 1 amide bonds. The summed E-state index contributed by atoms with van der Waals surface area (Å²) >= 11 is 0. The molecule has 20 heavy (non-hydrogen) atoms. The molecule has 1 unspecified atom stereocenters. The number of hydrogen-bond donors (Lipinski definition) is 1. The zero-order valence-electron chi connectivity index (χ0n) is 12.0. The summed E-state index contributed by atoms with van der Waals surface area (Å²) in [6.07, 6.45) is 2.96. The molecule has 1 aromatic rings. The Balaban J connectivity index is 2.26. The van der Waals surface area contributed by atoms with Crippen LogP contribution in [0.2, 0.25) is 0 Å². The van der Waals surface area contributed by atoms with Crippen LogP contribution in [0.5, 0.6) is 0 Å². The average Bonchev–Trinajstić information content (AvgIpc) is 2.48. The van der Waals surface area contributed by atoms with E-state index in [2.05, 4.69) is 12.2 Å². The monoisotopic (exact) mass is 274 g/mol. The molecule has 0 aromatic heterocycles. The number of nitrogens with zero attached hydrogens (tertiary/aromatic N) is 1. The van der Waals surface area contributed by atoms with Crippen molar-refractivity contribution in [3.63, 3.8) is 0 Å². The first kappa shape index (κ1) is 16.2. The third-order valence-corrected chi connectivity index (χ3v) is 2.93. The van der Waals surface area contributed by atoms with Gasteiger partial charge in [-0.2, -0.15) is 5.26 Å². The van der Waals surface area contributed by atoms with Crippen LogP contribution in [0, 0.1) is 11.3 Å². The number of nitriles is 1. The number of carbonyl (C=O) groups excluding carboxylic acids is 1. The SMILES string of the molecule is CCCCOCCCNC(=O)C(C#N)c1ccccc1. The Morgan fingerprint density at radius 2 is 2.00 bits per heavy atom. The number of benzene rings is 1. The third-order valence-electron chi connectivity index (χ3n) is 2.93. The molecule has 1 N–H and O–H groups in total. The molecule has 1 rings (SSSR count). The van der Waals surface area contributed by atoms with Gasteiger partial charge in [-0.1, -0.05) is 43.7 Å². The molecule has 1 atom stereocenters. The molecule has 0 saturated carbocycles. The Kier molecular flexibility index (Phi) is 8.09. The minimum absolute atomic E-state index is 0.243. The van der Waals surface area contributed by atoms with Crippen molar-refractivity contribution in [3.05, 3.63) is 35.9 Å². The first-order valence-corrected chi connectivity index (χ1v) is 7.09. The molecule has 0 aliphatic rings. The number of hydrogen-bond acceptors (Lipinski definition) is 3. The summed E-state index contributed by atoms with van der Waals surface area (Å²) in [6, 6.07) is 11.1. The summed E-state index contributed by atoms with van der Waals surface area (Å²) < 4.78 is 5.41. The summed E-state index contributed by atoms with van der Waals surface area (Å²) in [6.45, 7) is 4.07. The summed E-state index contributed by atoms with van der Waals surface area (Å²) in [7, 11) is 0. The van der Waals surface area contributed by atoms with E-state index in [0.29, 0.717) is 13.2 Å². The fraction of sp³-hybridized carbons (Fsp3) is 0.500. The van der Waals surface area contributed by atoms with Crippen LogP contribution in [0.15, 0.2) is 30.3 Å². The van der Waals surface area contributed by atoms with E-state index in [1.165, 1.54) is 0 Å². The van der Waals surface area contributed by atoms with Gasteiger partial charge in [-0.05, 0) is 18.4 Å². The van der Waals surface area contributed by atoms with Crippen LogP contribution in [-0.2, 0) is 9.53 Å². The number of ether oxygens (including phenoxy) is 1. The number of nitrogens with one attached hydrogen (secondary N) is 1. The minimum atomic E-state index is -0.739. The molecule has 0 bridgehead atoms. The lowest BCUT2D eigenvalue weighted by Gasteiger charge is -2.10. The highest BCUT2D eigenvalue weighted by molar-refractivity contribution is 5.86. The molecule has 0 radical (unpaired) electrons. The quantitative estimate of drug-likeness (QED) is 0.704. The smallest absolute Gasteiger partial charge is 0.241 e. The van der Waals surface area contributed by atoms with Crippen LogP contribution in [0.25, 0.3) is 0 Å². The summed E-state index contributed by atoms with van der Waals surface area (Å²) in [5, 5.41) is 11.9. The molecule has 4 heteroatoms. The Hall–Kier alpha value is -1.86. The van der Waals surface area contributed by atoms with E-state index in [0.717, 1.165) is 31.4 Å². The second-order valence-corrected chi connectivity index (χ2v) is 4.58. The Morgan fingerprint density at radius 1 is 1.30 bits per heavy atom. The van der Waals surface area contributed by atoms with Gasteiger partial charge in [0.2, 0.25) is 5.91 Å². The maximum atomic E-state index is 11.9. The van der Waals surface area contributed by atoms with Crippen LogP contribution < -0.4 is 5.32 Å². The van der Waals surface area contributed by atoms with Crippen molar-refractivity contribution in [2.24, 2.45) is 0 Å². The van der Waals surface area contributed by atoms with Gasteiger partial charge >= 0.3 is 0 Å². The fourth-order valence-electron chi connectivity index (χ4n) is 1.77. The van der Waals surface area contributed by atoms with Gasteiger partial charge in [-0.25, -0.2) is 0 Å². The van der Waals surface area contributed by atoms with Crippen LogP contribution in [0.1, 0.15) is 37.7 Å². The van der Waals surface area contributed by atoms with E-state index in [1.54, 1.807) is 12.1 Å². The highest BCUT2D eigenvalue weighted by Crippen LogP contribution is 2.14. The van der Waals surface area contributed by atoms with Gasteiger partial charge in [0.05, 0.1) is 6.07 Å². The molecule has 108 valence electrons. The van der Waals surface area contributed by atoms with Crippen LogP contribution >= 0.6 is 0 Å². The zero-order valence-corrected chi connectivity index (χ0v) is 12.0. The van der Waals surface area contributed by atoms with Gasteiger partial charge in [0.15, 0.2) is 0 Å². The Bertz CT molecular complexity index is 426. The van der Waals surface area contributed by atoms with Gasteiger partial charge in [0, 0.05) is 19.8 Å². The standard InChI is InChI=1S/C16H22N2O2/c1-2-3-11-20-12-7-10-18-16(19)15(13-17)14-8-5-4-6-9-14/h4-6,8-9,15H,2-3,7,10-12H2,1H3,(H,18,19). The summed E-state index contributed by atoms with van der Waals surface area (Å²) in [5.41, 5.74) is 0.728. The Morgan fingerprint density at radius 3 is 2.65 bits per heavy atom. The van der Waals surface area contributed by atoms with E-state index in [1.807, 2.05) is 24.3 Å². The Labute approximate surface area is 120 Å². The van der Waals surface area contributed by atoms with Crippen LogP contribution in [-0.4, -0.2) is 25.7 Å². The van der Waals surface area contributed by atoms with E-state index in [9.17, 15) is 4.79 Å². The number of rotatable bonds is 9.